The number of carbonyl (C=O) groups excluding carboxylic acids is 2. The van der Waals surface area contributed by atoms with Gasteiger partial charge >= 0.3 is 0 Å². The summed E-state index contributed by atoms with van der Waals surface area (Å²) in [4.78, 5) is 38.2. The fourth-order valence-corrected chi connectivity index (χ4v) is 5.61. The van der Waals surface area contributed by atoms with E-state index in [9.17, 15) is 9.59 Å². The fraction of sp³-hybridized carbons (Fsp3) is 0.714. The molecule has 6 nitrogen and oxygen atoms in total. The van der Waals surface area contributed by atoms with Crippen LogP contribution in [0.2, 0.25) is 0 Å². The molecule has 2 amide bonds. The first-order valence-electron chi connectivity index (χ1n) is 10.5. The van der Waals surface area contributed by atoms with E-state index in [1.807, 2.05) is 11.1 Å². The van der Waals surface area contributed by atoms with Crippen LogP contribution in [0.4, 0.5) is 0 Å². The van der Waals surface area contributed by atoms with E-state index >= 15 is 0 Å². The number of rotatable bonds is 2. The lowest BCUT2D eigenvalue weighted by Crippen LogP contribution is -2.36. The molecule has 1 aromatic rings. The maximum absolute atomic E-state index is 13.2. The molecule has 0 N–H and O–H groups in total. The zero-order chi connectivity index (χ0) is 18.5. The lowest BCUT2D eigenvalue weighted by atomic mass is 10.0. The van der Waals surface area contributed by atoms with Gasteiger partial charge in [0.25, 0.3) is 0 Å². The second-order valence-electron chi connectivity index (χ2n) is 8.72. The number of hydrogen-bond acceptors (Lipinski definition) is 4. The molecule has 27 heavy (non-hydrogen) atoms. The Hall–Kier alpha value is -1.98. The zero-order valence-electron chi connectivity index (χ0n) is 16.1. The summed E-state index contributed by atoms with van der Waals surface area (Å²) in [5.41, 5.74) is 2.10. The minimum Gasteiger partial charge on any atom is -0.338 e. The highest BCUT2D eigenvalue weighted by molar-refractivity contribution is 5.83. The van der Waals surface area contributed by atoms with Gasteiger partial charge < -0.3 is 9.80 Å². The number of fused-ring (bicyclic) bond motifs is 2. The summed E-state index contributed by atoms with van der Waals surface area (Å²) in [5.74, 6) is 2.83. The van der Waals surface area contributed by atoms with Crippen molar-refractivity contribution < 1.29 is 9.59 Å². The molecule has 5 rings (SSSR count). The van der Waals surface area contributed by atoms with Crippen LogP contribution in [0.5, 0.6) is 0 Å². The topological polar surface area (TPSA) is 66.4 Å². The van der Waals surface area contributed by atoms with Crippen LogP contribution in [0, 0.1) is 17.8 Å². The molecule has 3 heterocycles. The fourth-order valence-electron chi connectivity index (χ4n) is 5.61. The molecule has 0 bridgehead atoms. The van der Waals surface area contributed by atoms with Crippen LogP contribution in [0.15, 0.2) is 6.20 Å². The van der Waals surface area contributed by atoms with Crippen molar-refractivity contribution in [2.75, 3.05) is 13.1 Å². The summed E-state index contributed by atoms with van der Waals surface area (Å²) in [6.45, 7) is 3.77. The standard InChI is InChI=1S/C21H28N4O2/c1-13(26)24-10-8-17-14(12-24)11-22-20(23-17)18-7-4-9-25(18)21(27)19-15-5-2-3-6-16(15)19/h11,15-16,18-19H,2-10,12H2,1H3. The third kappa shape index (κ3) is 2.93. The molecule has 144 valence electrons. The lowest BCUT2D eigenvalue weighted by Gasteiger charge is -2.29. The first-order valence-corrected chi connectivity index (χ1v) is 10.5. The van der Waals surface area contributed by atoms with Gasteiger partial charge in [-0.05, 0) is 37.5 Å². The van der Waals surface area contributed by atoms with Crippen LogP contribution in [0.1, 0.15) is 68.6 Å². The highest BCUT2D eigenvalue weighted by atomic mass is 16.2. The number of amides is 2. The Morgan fingerprint density at radius 3 is 2.59 bits per heavy atom. The molecule has 2 aliphatic carbocycles. The zero-order valence-corrected chi connectivity index (χ0v) is 16.1. The van der Waals surface area contributed by atoms with Gasteiger partial charge in [-0.3, -0.25) is 9.59 Å². The second-order valence-corrected chi connectivity index (χ2v) is 8.72. The van der Waals surface area contributed by atoms with Crippen LogP contribution < -0.4 is 0 Å². The van der Waals surface area contributed by atoms with E-state index in [-0.39, 0.29) is 17.9 Å². The highest BCUT2D eigenvalue weighted by Crippen LogP contribution is 2.56. The van der Waals surface area contributed by atoms with E-state index in [1.165, 1.54) is 25.7 Å². The summed E-state index contributed by atoms with van der Waals surface area (Å²) in [5, 5.41) is 0. The summed E-state index contributed by atoms with van der Waals surface area (Å²) in [6, 6.07) is 0.0382. The number of nitrogens with zero attached hydrogens (tertiary/aromatic N) is 4. The van der Waals surface area contributed by atoms with E-state index in [2.05, 4.69) is 9.88 Å². The predicted octanol–water partition coefficient (Wildman–Crippen LogP) is 2.48. The van der Waals surface area contributed by atoms with Gasteiger partial charge in [-0.2, -0.15) is 0 Å². The lowest BCUT2D eigenvalue weighted by molar-refractivity contribution is -0.134. The highest BCUT2D eigenvalue weighted by Gasteiger charge is 2.56. The number of likely N-dealkylation sites (tertiary alicyclic amines) is 1. The first kappa shape index (κ1) is 17.1. The van der Waals surface area contributed by atoms with Crippen molar-refractivity contribution in [3.8, 4) is 0 Å². The van der Waals surface area contributed by atoms with Crippen LogP contribution >= 0.6 is 0 Å². The molecule has 1 aromatic heterocycles. The maximum Gasteiger partial charge on any atom is 0.226 e. The maximum atomic E-state index is 13.2. The van der Waals surface area contributed by atoms with Gasteiger partial charge in [0.1, 0.15) is 0 Å². The molecular formula is C21H28N4O2. The number of hydrogen-bond donors (Lipinski definition) is 0. The van der Waals surface area contributed by atoms with Crippen molar-refractivity contribution in [3.05, 3.63) is 23.3 Å². The van der Waals surface area contributed by atoms with Gasteiger partial charge in [0.2, 0.25) is 11.8 Å². The summed E-state index contributed by atoms with van der Waals surface area (Å²) < 4.78 is 0. The average Bonchev–Trinajstić information content (AvgIpc) is 3.21. The monoisotopic (exact) mass is 368 g/mol. The van der Waals surface area contributed by atoms with E-state index in [1.54, 1.807) is 6.92 Å². The molecule has 1 saturated heterocycles. The molecule has 2 aliphatic heterocycles. The van der Waals surface area contributed by atoms with Gasteiger partial charge in [-0.15, -0.1) is 0 Å². The summed E-state index contributed by atoms with van der Waals surface area (Å²) in [7, 11) is 0. The van der Waals surface area contributed by atoms with Gasteiger partial charge in [-0.1, -0.05) is 12.8 Å². The summed E-state index contributed by atoms with van der Waals surface area (Å²) in [6.07, 6.45) is 9.72. The Bertz CT molecular complexity index is 767. The molecule has 3 unspecified atom stereocenters. The molecule has 3 fully saturated rings. The van der Waals surface area contributed by atoms with Gasteiger partial charge in [0.15, 0.2) is 5.82 Å². The minimum atomic E-state index is 0.0382. The quantitative estimate of drug-likeness (QED) is 0.804. The minimum absolute atomic E-state index is 0.0382. The second kappa shape index (κ2) is 6.57. The summed E-state index contributed by atoms with van der Waals surface area (Å²) >= 11 is 0. The third-order valence-electron chi connectivity index (χ3n) is 7.17. The third-order valence-corrected chi connectivity index (χ3v) is 7.17. The number of carbonyl (C=O) groups is 2. The SMILES string of the molecule is CC(=O)N1CCc2nc(C3CCCN3C(=O)C3C4CCCCC43)ncc2C1. The van der Waals surface area contributed by atoms with E-state index in [0.29, 0.717) is 24.3 Å². The Morgan fingerprint density at radius 1 is 1.07 bits per heavy atom. The van der Waals surface area contributed by atoms with Crippen molar-refractivity contribution >= 4 is 11.8 Å². The Kier molecular flexibility index (Phi) is 4.17. The molecule has 0 radical (unpaired) electrons. The van der Waals surface area contributed by atoms with Crippen molar-refractivity contribution in [3.63, 3.8) is 0 Å². The molecule has 6 heteroatoms. The van der Waals surface area contributed by atoms with Crippen LogP contribution in [-0.2, 0) is 22.6 Å². The van der Waals surface area contributed by atoms with Crippen LogP contribution in [0.25, 0.3) is 0 Å². The van der Waals surface area contributed by atoms with Crippen molar-refractivity contribution in [2.24, 2.45) is 17.8 Å². The van der Waals surface area contributed by atoms with Crippen LogP contribution in [0.3, 0.4) is 0 Å². The van der Waals surface area contributed by atoms with Crippen molar-refractivity contribution in [1.82, 2.24) is 19.8 Å². The molecule has 4 aliphatic rings. The normalized spacial score (nSPS) is 32.0. The van der Waals surface area contributed by atoms with Crippen LogP contribution in [-0.4, -0.2) is 44.7 Å². The molecular weight excluding hydrogens is 340 g/mol. The largest absolute Gasteiger partial charge is 0.338 e. The predicted molar refractivity (Wildman–Crippen MR) is 99.5 cm³/mol. The Balaban J connectivity index is 1.33. The molecule has 2 saturated carbocycles. The molecule has 0 aromatic carbocycles. The van der Waals surface area contributed by atoms with E-state index in [0.717, 1.165) is 49.4 Å². The Labute approximate surface area is 160 Å². The van der Waals surface area contributed by atoms with Crippen molar-refractivity contribution in [1.29, 1.82) is 0 Å². The van der Waals surface area contributed by atoms with Crippen molar-refractivity contribution in [2.45, 2.75) is 64.5 Å². The van der Waals surface area contributed by atoms with E-state index < -0.39 is 0 Å². The number of aromatic nitrogens is 2. The molecule has 0 spiro atoms. The molecule has 3 atom stereocenters. The van der Waals surface area contributed by atoms with E-state index in [4.69, 9.17) is 4.98 Å². The first-order chi connectivity index (χ1) is 13.1. The van der Waals surface area contributed by atoms with Gasteiger partial charge in [0.05, 0.1) is 11.7 Å². The Morgan fingerprint density at radius 2 is 1.85 bits per heavy atom. The average molecular weight is 368 g/mol. The van der Waals surface area contributed by atoms with Gasteiger partial charge in [-0.25, -0.2) is 9.97 Å². The van der Waals surface area contributed by atoms with Gasteiger partial charge in [0, 0.05) is 50.7 Å². The smallest absolute Gasteiger partial charge is 0.226 e.